The van der Waals surface area contributed by atoms with Crippen LogP contribution in [-0.4, -0.2) is 89.7 Å². The SMILES string of the molecule is CCN1CCN(c2nc(Oc3ccc(OC)cc3)c3c(c2Cl)S(=O)(=O)CCN3C[C@@H]2CCCO2)CC1. The first-order valence-corrected chi connectivity index (χ1v) is 14.5. The molecule has 2 saturated heterocycles. The number of methoxy groups -OCH3 is 1. The second-order valence-corrected chi connectivity index (χ2v) is 11.8. The Balaban J connectivity index is 1.60. The molecule has 4 heterocycles. The lowest BCUT2D eigenvalue weighted by atomic mass is 10.2. The van der Waals surface area contributed by atoms with Gasteiger partial charge in [-0.2, -0.15) is 4.98 Å². The van der Waals surface area contributed by atoms with Crippen molar-refractivity contribution in [3.63, 3.8) is 0 Å². The van der Waals surface area contributed by atoms with E-state index < -0.39 is 9.84 Å². The predicted octanol–water partition coefficient (Wildman–Crippen LogP) is 3.45. The van der Waals surface area contributed by atoms with E-state index in [1.54, 1.807) is 31.4 Å². The van der Waals surface area contributed by atoms with Gasteiger partial charge in [0, 0.05) is 45.9 Å². The molecule has 36 heavy (non-hydrogen) atoms. The topological polar surface area (TPSA) is 84.4 Å². The third-order valence-corrected chi connectivity index (χ3v) is 9.33. The first-order chi connectivity index (χ1) is 17.4. The highest BCUT2D eigenvalue weighted by Crippen LogP contribution is 2.47. The van der Waals surface area contributed by atoms with Crippen molar-refractivity contribution in [2.24, 2.45) is 0 Å². The Kier molecular flexibility index (Phi) is 7.48. The fourth-order valence-electron chi connectivity index (χ4n) is 5.04. The number of hydrogen-bond donors (Lipinski definition) is 0. The molecule has 5 rings (SSSR count). The Labute approximate surface area is 217 Å². The molecule has 2 fully saturated rings. The minimum Gasteiger partial charge on any atom is -0.497 e. The van der Waals surface area contributed by atoms with Crippen molar-refractivity contribution in [2.75, 3.05) is 75.1 Å². The molecule has 11 heteroatoms. The number of pyridine rings is 1. The maximum atomic E-state index is 13.4. The molecule has 0 saturated carbocycles. The molecule has 0 radical (unpaired) electrons. The number of fused-ring (bicyclic) bond motifs is 1. The lowest BCUT2D eigenvalue weighted by Crippen LogP contribution is -2.47. The Morgan fingerprint density at radius 1 is 1.11 bits per heavy atom. The van der Waals surface area contributed by atoms with Crippen molar-refractivity contribution in [1.29, 1.82) is 0 Å². The van der Waals surface area contributed by atoms with Crippen LogP contribution in [0.3, 0.4) is 0 Å². The van der Waals surface area contributed by atoms with Crippen LogP contribution in [0.25, 0.3) is 0 Å². The summed E-state index contributed by atoms with van der Waals surface area (Å²) in [5.74, 6) is 1.92. The summed E-state index contributed by atoms with van der Waals surface area (Å²) in [6.07, 6.45) is 1.97. The van der Waals surface area contributed by atoms with Gasteiger partial charge < -0.3 is 28.9 Å². The molecule has 3 aliphatic heterocycles. The minimum atomic E-state index is -3.63. The van der Waals surface area contributed by atoms with E-state index in [4.69, 9.17) is 30.8 Å². The van der Waals surface area contributed by atoms with Gasteiger partial charge in [-0.25, -0.2) is 8.42 Å². The number of sulfone groups is 1. The smallest absolute Gasteiger partial charge is 0.246 e. The van der Waals surface area contributed by atoms with Gasteiger partial charge in [0.2, 0.25) is 5.88 Å². The van der Waals surface area contributed by atoms with Crippen molar-refractivity contribution in [1.82, 2.24) is 9.88 Å². The molecule has 1 atom stereocenters. The van der Waals surface area contributed by atoms with E-state index >= 15 is 0 Å². The van der Waals surface area contributed by atoms with E-state index in [2.05, 4.69) is 16.7 Å². The number of anilines is 2. The summed E-state index contributed by atoms with van der Waals surface area (Å²) < 4.78 is 44.3. The zero-order chi connectivity index (χ0) is 25.3. The van der Waals surface area contributed by atoms with E-state index in [-0.39, 0.29) is 27.7 Å². The summed E-state index contributed by atoms with van der Waals surface area (Å²) in [6.45, 7) is 7.86. The van der Waals surface area contributed by atoms with Crippen LogP contribution in [0.1, 0.15) is 19.8 Å². The Morgan fingerprint density at radius 3 is 2.47 bits per heavy atom. The van der Waals surface area contributed by atoms with Crippen LogP contribution < -0.4 is 19.3 Å². The average molecular weight is 537 g/mol. The highest BCUT2D eigenvalue weighted by molar-refractivity contribution is 7.91. The maximum absolute atomic E-state index is 13.4. The number of rotatable bonds is 7. The van der Waals surface area contributed by atoms with E-state index in [1.807, 2.05) is 4.90 Å². The minimum absolute atomic E-state index is 0.0124. The molecule has 0 spiro atoms. The third-order valence-electron chi connectivity index (χ3n) is 7.12. The number of benzene rings is 1. The fraction of sp³-hybridized carbons (Fsp3) is 0.560. The van der Waals surface area contributed by atoms with E-state index in [9.17, 15) is 8.42 Å². The zero-order valence-corrected chi connectivity index (χ0v) is 22.4. The van der Waals surface area contributed by atoms with Crippen LogP contribution in [0.2, 0.25) is 5.02 Å². The quantitative estimate of drug-likeness (QED) is 0.528. The van der Waals surface area contributed by atoms with Gasteiger partial charge in [-0.3, -0.25) is 0 Å². The van der Waals surface area contributed by atoms with Gasteiger partial charge in [0.15, 0.2) is 15.7 Å². The molecule has 0 aliphatic carbocycles. The van der Waals surface area contributed by atoms with Crippen LogP contribution in [0.4, 0.5) is 11.5 Å². The molecule has 2 aromatic rings. The normalized spacial score (nSPS) is 21.9. The number of ether oxygens (including phenoxy) is 3. The third kappa shape index (κ3) is 5.09. The largest absolute Gasteiger partial charge is 0.497 e. The number of halogens is 1. The van der Waals surface area contributed by atoms with Gasteiger partial charge in [0.25, 0.3) is 0 Å². The molecular formula is C25H33ClN4O5S. The molecule has 0 unspecified atom stereocenters. The Bertz CT molecular complexity index is 1180. The summed E-state index contributed by atoms with van der Waals surface area (Å²) in [6, 6.07) is 7.15. The van der Waals surface area contributed by atoms with Crippen molar-refractivity contribution in [3.8, 4) is 17.4 Å². The summed E-state index contributed by atoms with van der Waals surface area (Å²) in [5, 5.41) is 0.175. The lowest BCUT2D eigenvalue weighted by Gasteiger charge is -2.38. The van der Waals surface area contributed by atoms with Crippen LogP contribution in [0.5, 0.6) is 17.4 Å². The molecule has 0 N–H and O–H groups in total. The first-order valence-electron chi connectivity index (χ1n) is 12.5. The molecule has 1 aromatic carbocycles. The van der Waals surface area contributed by atoms with Gasteiger partial charge in [-0.1, -0.05) is 18.5 Å². The van der Waals surface area contributed by atoms with Crippen molar-refractivity contribution >= 4 is 32.9 Å². The molecule has 196 valence electrons. The van der Waals surface area contributed by atoms with Crippen LogP contribution >= 0.6 is 11.6 Å². The number of piperazine rings is 1. The highest BCUT2D eigenvalue weighted by atomic mass is 35.5. The van der Waals surface area contributed by atoms with Crippen LogP contribution in [-0.2, 0) is 14.6 Å². The summed E-state index contributed by atoms with van der Waals surface area (Å²) in [7, 11) is -2.03. The van der Waals surface area contributed by atoms with Gasteiger partial charge in [-0.05, 0) is 43.7 Å². The average Bonchev–Trinajstić information content (AvgIpc) is 3.40. The van der Waals surface area contributed by atoms with E-state index in [0.29, 0.717) is 49.2 Å². The number of aromatic nitrogens is 1. The fourth-order valence-corrected chi connectivity index (χ4v) is 7.18. The van der Waals surface area contributed by atoms with Crippen molar-refractivity contribution in [3.05, 3.63) is 29.3 Å². The Morgan fingerprint density at radius 2 is 1.83 bits per heavy atom. The summed E-state index contributed by atoms with van der Waals surface area (Å²) in [4.78, 5) is 11.4. The predicted molar refractivity (Wildman–Crippen MR) is 140 cm³/mol. The number of nitrogens with zero attached hydrogens (tertiary/aromatic N) is 4. The molecule has 3 aliphatic rings. The summed E-state index contributed by atoms with van der Waals surface area (Å²) in [5.41, 5.74) is 0.425. The Hall–Kier alpha value is -2.27. The molecule has 1 aromatic heterocycles. The summed E-state index contributed by atoms with van der Waals surface area (Å²) >= 11 is 6.88. The second-order valence-electron chi connectivity index (χ2n) is 9.33. The van der Waals surface area contributed by atoms with Gasteiger partial charge in [0.05, 0.1) is 19.0 Å². The lowest BCUT2D eigenvalue weighted by molar-refractivity contribution is 0.115. The molecule has 0 bridgehead atoms. The van der Waals surface area contributed by atoms with Crippen LogP contribution in [0, 0.1) is 0 Å². The molecular weight excluding hydrogens is 504 g/mol. The monoisotopic (exact) mass is 536 g/mol. The maximum Gasteiger partial charge on any atom is 0.246 e. The van der Waals surface area contributed by atoms with Crippen molar-refractivity contribution in [2.45, 2.75) is 30.8 Å². The first kappa shape index (κ1) is 25.4. The van der Waals surface area contributed by atoms with Gasteiger partial charge in [-0.15, -0.1) is 0 Å². The van der Waals surface area contributed by atoms with Crippen molar-refractivity contribution < 1.29 is 22.6 Å². The zero-order valence-electron chi connectivity index (χ0n) is 20.8. The van der Waals surface area contributed by atoms with E-state index in [0.717, 1.165) is 39.1 Å². The van der Waals surface area contributed by atoms with Crippen LogP contribution in [0.15, 0.2) is 29.2 Å². The van der Waals surface area contributed by atoms with Gasteiger partial charge >= 0.3 is 0 Å². The molecule has 0 amide bonds. The number of hydrogen-bond acceptors (Lipinski definition) is 9. The number of likely N-dealkylation sites (N-methyl/N-ethyl adjacent to an activating group) is 1. The highest BCUT2D eigenvalue weighted by Gasteiger charge is 2.39. The molecule has 9 nitrogen and oxygen atoms in total. The van der Waals surface area contributed by atoms with Gasteiger partial charge in [0.1, 0.15) is 27.1 Å². The van der Waals surface area contributed by atoms with E-state index in [1.165, 1.54) is 0 Å². The standard InChI is InChI=1S/C25H33ClN4O5S/c1-3-28-10-12-29(13-11-28)24-21(26)23-22(25(27-24)35-19-8-6-18(33-2)7-9-19)30(14-16-36(23,31)32)17-20-5-4-15-34-20/h6-9,20H,3-5,10-17H2,1-2H3/t20-/m0/s1. The second kappa shape index (κ2) is 10.6.